The fourth-order valence-corrected chi connectivity index (χ4v) is 1.84. The average Bonchev–Trinajstić information content (AvgIpc) is 3.01. The highest BCUT2D eigenvalue weighted by Gasteiger charge is 2.31. The van der Waals surface area contributed by atoms with Crippen LogP contribution in [-0.4, -0.2) is 33.3 Å². The van der Waals surface area contributed by atoms with Gasteiger partial charge in [0.2, 0.25) is 0 Å². The molecule has 1 heterocycles. The van der Waals surface area contributed by atoms with Crippen LogP contribution in [0.3, 0.4) is 0 Å². The number of hydrogen-bond donors (Lipinski definition) is 2. The van der Waals surface area contributed by atoms with Gasteiger partial charge < -0.3 is 10.4 Å². The topological polar surface area (TPSA) is 84.2 Å². The Hall–Kier alpha value is -1.85. The third kappa shape index (κ3) is 2.64. The number of nitrogens with one attached hydrogen (secondary N) is 1. The van der Waals surface area contributed by atoms with Gasteiger partial charge in [0.05, 0.1) is 23.9 Å². The maximum atomic E-state index is 11.8. The summed E-state index contributed by atoms with van der Waals surface area (Å²) in [5, 5.41) is 15.2. The van der Waals surface area contributed by atoms with Crippen LogP contribution in [0.2, 0.25) is 0 Å². The lowest BCUT2D eigenvalue weighted by atomic mass is 10.1. The lowest BCUT2D eigenvalue weighted by molar-refractivity contribution is -0.136. The summed E-state index contributed by atoms with van der Waals surface area (Å²) < 4.78 is 1.73. The first-order valence-corrected chi connectivity index (χ1v) is 5.61. The van der Waals surface area contributed by atoms with Crippen molar-refractivity contribution < 1.29 is 14.7 Å². The monoisotopic (exact) mass is 237 g/mol. The highest BCUT2D eigenvalue weighted by atomic mass is 16.4. The molecule has 1 aliphatic carbocycles. The molecule has 0 unspecified atom stereocenters. The smallest absolute Gasteiger partial charge is 0.305 e. The van der Waals surface area contributed by atoms with Crippen molar-refractivity contribution in [1.82, 2.24) is 15.1 Å². The first-order chi connectivity index (χ1) is 8.09. The van der Waals surface area contributed by atoms with Gasteiger partial charge in [0.1, 0.15) is 0 Å². The molecule has 1 aromatic heterocycles. The van der Waals surface area contributed by atoms with Gasteiger partial charge in [-0.3, -0.25) is 14.3 Å². The molecular formula is C11H15N3O3. The molecule has 1 aliphatic rings. The van der Waals surface area contributed by atoms with Gasteiger partial charge in [-0.25, -0.2) is 0 Å². The van der Waals surface area contributed by atoms with Gasteiger partial charge in [-0.1, -0.05) is 0 Å². The number of rotatable bonds is 5. The number of carboxylic acid groups (broad SMARTS) is 1. The fourth-order valence-electron chi connectivity index (χ4n) is 1.84. The molecule has 6 heteroatoms. The van der Waals surface area contributed by atoms with Gasteiger partial charge >= 0.3 is 5.97 Å². The molecule has 0 bridgehead atoms. The van der Waals surface area contributed by atoms with Crippen LogP contribution < -0.4 is 5.32 Å². The van der Waals surface area contributed by atoms with Crippen LogP contribution in [0.1, 0.15) is 41.2 Å². The Balaban J connectivity index is 2.01. The minimum Gasteiger partial charge on any atom is -0.481 e. The molecule has 6 nitrogen and oxygen atoms in total. The van der Waals surface area contributed by atoms with Gasteiger partial charge in [0, 0.05) is 19.5 Å². The molecule has 1 aromatic rings. The molecule has 1 amide bonds. The van der Waals surface area contributed by atoms with Crippen LogP contribution in [0.4, 0.5) is 0 Å². The van der Waals surface area contributed by atoms with Crippen LogP contribution in [0.25, 0.3) is 0 Å². The molecule has 1 fully saturated rings. The van der Waals surface area contributed by atoms with Crippen molar-refractivity contribution in [2.45, 2.75) is 25.2 Å². The molecule has 0 atom stereocenters. The second-order valence-corrected chi connectivity index (χ2v) is 4.24. The van der Waals surface area contributed by atoms with Crippen molar-refractivity contribution in [2.75, 3.05) is 6.54 Å². The number of carbonyl (C=O) groups excluding carboxylic acids is 1. The number of nitrogens with zero attached hydrogens (tertiary/aromatic N) is 2. The molecule has 17 heavy (non-hydrogen) atoms. The molecule has 1 saturated carbocycles. The third-order valence-corrected chi connectivity index (χ3v) is 2.82. The number of aryl methyl sites for hydroxylation is 1. The van der Waals surface area contributed by atoms with Gasteiger partial charge in [0.25, 0.3) is 5.91 Å². The maximum absolute atomic E-state index is 11.8. The summed E-state index contributed by atoms with van der Waals surface area (Å²) in [6, 6.07) is 0. The molecule has 0 aliphatic heterocycles. The Morgan fingerprint density at radius 3 is 2.88 bits per heavy atom. The summed E-state index contributed by atoms with van der Waals surface area (Å²) in [5.74, 6) is -0.720. The van der Waals surface area contributed by atoms with E-state index in [9.17, 15) is 9.59 Å². The largest absolute Gasteiger partial charge is 0.481 e. The van der Waals surface area contributed by atoms with Crippen molar-refractivity contribution in [2.24, 2.45) is 7.05 Å². The summed E-state index contributed by atoms with van der Waals surface area (Å²) in [5.41, 5.74) is 1.53. The summed E-state index contributed by atoms with van der Waals surface area (Å²) in [7, 11) is 1.82. The van der Waals surface area contributed by atoms with Crippen LogP contribution in [-0.2, 0) is 11.8 Å². The predicted molar refractivity (Wildman–Crippen MR) is 59.8 cm³/mol. The van der Waals surface area contributed by atoms with Crippen LogP contribution in [0.15, 0.2) is 6.20 Å². The molecule has 0 spiro atoms. The highest BCUT2D eigenvalue weighted by Crippen LogP contribution is 2.41. The van der Waals surface area contributed by atoms with Crippen LogP contribution in [0.5, 0.6) is 0 Å². The maximum Gasteiger partial charge on any atom is 0.305 e. The first-order valence-electron chi connectivity index (χ1n) is 5.61. The molecule has 0 saturated heterocycles. The first kappa shape index (κ1) is 11.6. The third-order valence-electron chi connectivity index (χ3n) is 2.82. The lowest BCUT2D eigenvalue weighted by Gasteiger charge is -2.05. The molecule has 92 valence electrons. The zero-order chi connectivity index (χ0) is 12.4. The number of hydrogen-bond acceptors (Lipinski definition) is 3. The van der Waals surface area contributed by atoms with E-state index in [2.05, 4.69) is 10.4 Å². The minimum absolute atomic E-state index is 0.0647. The quantitative estimate of drug-likeness (QED) is 0.781. The number of carbonyl (C=O) groups is 2. The van der Waals surface area contributed by atoms with Crippen molar-refractivity contribution in [3.05, 3.63) is 17.5 Å². The van der Waals surface area contributed by atoms with E-state index in [-0.39, 0.29) is 18.9 Å². The molecule has 0 radical (unpaired) electrons. The molecule has 2 N–H and O–H groups in total. The van der Waals surface area contributed by atoms with E-state index >= 15 is 0 Å². The Morgan fingerprint density at radius 2 is 2.29 bits per heavy atom. The normalized spacial score (nSPS) is 14.6. The van der Waals surface area contributed by atoms with E-state index in [0.717, 1.165) is 18.5 Å². The minimum atomic E-state index is -0.918. The zero-order valence-corrected chi connectivity index (χ0v) is 9.64. The lowest BCUT2D eigenvalue weighted by Crippen LogP contribution is -2.26. The second-order valence-electron chi connectivity index (χ2n) is 4.24. The molecule has 2 rings (SSSR count). The van der Waals surface area contributed by atoms with Gasteiger partial charge in [-0.15, -0.1) is 0 Å². The molecule has 0 aromatic carbocycles. The van der Waals surface area contributed by atoms with Crippen molar-refractivity contribution in [1.29, 1.82) is 0 Å². The fraction of sp³-hybridized carbons (Fsp3) is 0.545. The van der Waals surface area contributed by atoms with E-state index in [0.29, 0.717) is 11.5 Å². The van der Waals surface area contributed by atoms with Crippen molar-refractivity contribution in [3.63, 3.8) is 0 Å². The van der Waals surface area contributed by atoms with Gasteiger partial charge in [0.15, 0.2) is 0 Å². The standard InChI is InChI=1S/C11H15N3O3/c1-14-10(7-2-3-7)8(6-13-14)11(17)12-5-4-9(15)16/h6-7H,2-5H2,1H3,(H,12,17)(H,15,16). The van der Waals surface area contributed by atoms with Crippen LogP contribution in [0, 0.1) is 0 Å². The number of amides is 1. The Morgan fingerprint density at radius 1 is 1.59 bits per heavy atom. The Labute approximate surface area is 98.6 Å². The van der Waals surface area contributed by atoms with E-state index in [4.69, 9.17) is 5.11 Å². The summed E-state index contributed by atoms with van der Waals surface area (Å²) in [6.45, 7) is 0.146. The van der Waals surface area contributed by atoms with E-state index in [1.54, 1.807) is 10.9 Å². The SMILES string of the molecule is Cn1ncc(C(=O)NCCC(=O)O)c1C1CC1. The van der Waals surface area contributed by atoms with Crippen molar-refractivity contribution in [3.8, 4) is 0 Å². The van der Waals surface area contributed by atoms with Gasteiger partial charge in [-0.2, -0.15) is 5.10 Å². The summed E-state index contributed by atoms with van der Waals surface area (Å²) in [6.07, 6.45) is 3.67. The van der Waals surface area contributed by atoms with E-state index in [1.165, 1.54) is 0 Å². The number of aliphatic carboxylic acids is 1. The second kappa shape index (κ2) is 4.57. The van der Waals surface area contributed by atoms with Gasteiger partial charge in [-0.05, 0) is 12.8 Å². The number of carboxylic acids is 1. The summed E-state index contributed by atoms with van der Waals surface area (Å²) >= 11 is 0. The molecular weight excluding hydrogens is 222 g/mol. The zero-order valence-electron chi connectivity index (χ0n) is 9.64. The van der Waals surface area contributed by atoms with Crippen LogP contribution >= 0.6 is 0 Å². The Bertz CT molecular complexity index is 449. The average molecular weight is 237 g/mol. The highest BCUT2D eigenvalue weighted by molar-refractivity contribution is 5.95. The van der Waals surface area contributed by atoms with E-state index in [1.807, 2.05) is 7.05 Å². The number of aromatic nitrogens is 2. The van der Waals surface area contributed by atoms with E-state index < -0.39 is 5.97 Å². The Kier molecular flexibility index (Phi) is 3.12. The summed E-state index contributed by atoms with van der Waals surface area (Å²) in [4.78, 5) is 22.2. The predicted octanol–water partition coefficient (Wildman–Crippen LogP) is 0.502. The van der Waals surface area contributed by atoms with Crippen molar-refractivity contribution >= 4 is 11.9 Å².